The first kappa shape index (κ1) is 29.7. The number of benzene rings is 2. The lowest BCUT2D eigenvalue weighted by Crippen LogP contribution is -2.61. The molecule has 4 aliphatic rings. The van der Waals surface area contributed by atoms with Gasteiger partial charge in [-0.05, 0) is 74.9 Å². The van der Waals surface area contributed by atoms with Crippen molar-refractivity contribution in [2.75, 3.05) is 44.3 Å². The largest absolute Gasteiger partial charge is 0.491 e. The van der Waals surface area contributed by atoms with Crippen LogP contribution in [0.3, 0.4) is 0 Å². The monoisotopic (exact) mass is 605 g/mol. The molecule has 1 saturated carbocycles. The highest BCUT2D eigenvalue weighted by atomic mass is 19.4. The van der Waals surface area contributed by atoms with Crippen molar-refractivity contribution < 1.29 is 41.7 Å². The SMILES string of the molecule is C[C@H]1CN([C@@H]2CC[C@@](C(=O)N3CCOc4ccc(C(F)(F)F)cc4C3)(C3CC3)OC2)CCN1c1ccc(F)c(C(=O)O)c1. The van der Waals surface area contributed by atoms with Crippen molar-refractivity contribution >= 4 is 17.6 Å². The quantitative estimate of drug-likeness (QED) is 0.491. The van der Waals surface area contributed by atoms with Gasteiger partial charge in [0, 0.05) is 49.5 Å². The fourth-order valence-corrected chi connectivity index (χ4v) is 6.85. The summed E-state index contributed by atoms with van der Waals surface area (Å²) in [4.78, 5) is 31.5. The highest BCUT2D eigenvalue weighted by Gasteiger charge is 2.56. The lowest BCUT2D eigenvalue weighted by atomic mass is 9.85. The number of fused-ring (bicyclic) bond motifs is 1. The van der Waals surface area contributed by atoms with Gasteiger partial charge >= 0.3 is 12.1 Å². The number of alkyl halides is 3. The molecule has 1 amide bonds. The van der Waals surface area contributed by atoms with Gasteiger partial charge in [-0.3, -0.25) is 9.69 Å². The van der Waals surface area contributed by atoms with E-state index in [1.54, 1.807) is 11.0 Å². The molecule has 3 fully saturated rings. The number of amides is 1. The molecular formula is C31H35F4N3O5. The van der Waals surface area contributed by atoms with E-state index in [9.17, 15) is 32.3 Å². The maximum atomic E-state index is 14.1. The zero-order valence-electron chi connectivity index (χ0n) is 23.9. The number of carboxylic acids is 1. The second-order valence-electron chi connectivity index (χ2n) is 12.1. The maximum Gasteiger partial charge on any atom is 0.416 e. The molecule has 1 N–H and O–H groups in total. The summed E-state index contributed by atoms with van der Waals surface area (Å²) in [6.45, 7) is 4.92. The summed E-state index contributed by atoms with van der Waals surface area (Å²) in [5.41, 5.74) is -1.11. The number of aromatic carboxylic acids is 1. The first-order chi connectivity index (χ1) is 20.5. The summed E-state index contributed by atoms with van der Waals surface area (Å²) in [5, 5.41) is 9.32. The van der Waals surface area contributed by atoms with E-state index >= 15 is 0 Å². The Morgan fingerprint density at radius 2 is 1.84 bits per heavy atom. The lowest BCUT2D eigenvalue weighted by Gasteiger charge is -2.48. The topological polar surface area (TPSA) is 82.6 Å². The average molecular weight is 606 g/mol. The first-order valence-electron chi connectivity index (χ1n) is 14.8. The van der Waals surface area contributed by atoms with Crippen LogP contribution in [0.1, 0.15) is 54.1 Å². The van der Waals surface area contributed by atoms with Crippen LogP contribution in [0.15, 0.2) is 36.4 Å². The standard InChI is InChI=1S/C31H35F4N3O5/c1-19-16-36(10-11-38(19)23-5-6-26(32)25(15-23)28(39)40)24-8-9-30(43-18-24,21-2-3-21)29(41)37-12-13-42-27-7-4-22(31(33,34)35)14-20(27)17-37/h4-7,14-15,19,21,24H,2-3,8-13,16-18H2,1H3,(H,39,40)/t19-,24+,30-/m0/s1. The zero-order chi connectivity index (χ0) is 30.5. The maximum absolute atomic E-state index is 14.1. The fourth-order valence-electron chi connectivity index (χ4n) is 6.85. The number of piperazine rings is 1. The second kappa shape index (κ2) is 11.3. The van der Waals surface area contributed by atoms with Crippen molar-refractivity contribution in [2.24, 2.45) is 5.92 Å². The molecule has 0 spiro atoms. The van der Waals surface area contributed by atoms with Gasteiger partial charge < -0.3 is 24.4 Å². The van der Waals surface area contributed by atoms with Crippen LogP contribution in [0, 0.1) is 11.7 Å². The Balaban J connectivity index is 1.12. The van der Waals surface area contributed by atoms with E-state index in [1.165, 1.54) is 18.2 Å². The van der Waals surface area contributed by atoms with Crippen molar-refractivity contribution in [2.45, 2.75) is 63.0 Å². The molecule has 12 heteroatoms. The number of hydrogen-bond donors (Lipinski definition) is 1. The summed E-state index contributed by atoms with van der Waals surface area (Å²) in [6, 6.07) is 7.68. The third kappa shape index (κ3) is 5.78. The van der Waals surface area contributed by atoms with Crippen LogP contribution >= 0.6 is 0 Å². The van der Waals surface area contributed by atoms with Gasteiger partial charge in [0.1, 0.15) is 23.8 Å². The Labute approximate surface area is 247 Å². The number of carbonyl (C=O) groups excluding carboxylic acids is 1. The third-order valence-electron chi connectivity index (χ3n) is 9.32. The summed E-state index contributed by atoms with van der Waals surface area (Å²) < 4.78 is 66.3. The predicted molar refractivity (Wildman–Crippen MR) is 149 cm³/mol. The number of nitrogens with zero attached hydrogens (tertiary/aromatic N) is 3. The summed E-state index contributed by atoms with van der Waals surface area (Å²) in [5.74, 6) is -1.79. The Morgan fingerprint density at radius 3 is 2.49 bits per heavy atom. The second-order valence-corrected chi connectivity index (χ2v) is 12.1. The van der Waals surface area contributed by atoms with Crippen LogP contribution < -0.4 is 9.64 Å². The summed E-state index contributed by atoms with van der Waals surface area (Å²) in [6.07, 6.45) is -1.46. The Kier molecular flexibility index (Phi) is 7.78. The Bertz CT molecular complexity index is 1390. The van der Waals surface area contributed by atoms with E-state index in [2.05, 4.69) is 9.80 Å². The van der Waals surface area contributed by atoms with Crippen LogP contribution in [-0.2, 0) is 22.3 Å². The van der Waals surface area contributed by atoms with Gasteiger partial charge in [-0.25, -0.2) is 9.18 Å². The molecular weight excluding hydrogens is 570 g/mol. The van der Waals surface area contributed by atoms with Gasteiger partial charge in [0.05, 0.1) is 24.3 Å². The molecule has 232 valence electrons. The number of anilines is 1. The lowest BCUT2D eigenvalue weighted by molar-refractivity contribution is -0.176. The van der Waals surface area contributed by atoms with Crippen molar-refractivity contribution in [3.8, 4) is 5.75 Å². The zero-order valence-corrected chi connectivity index (χ0v) is 23.9. The molecule has 0 radical (unpaired) electrons. The van der Waals surface area contributed by atoms with Crippen LogP contribution in [-0.4, -0.2) is 83.9 Å². The summed E-state index contributed by atoms with van der Waals surface area (Å²) >= 11 is 0. The molecule has 43 heavy (non-hydrogen) atoms. The molecule has 2 saturated heterocycles. The van der Waals surface area contributed by atoms with Gasteiger partial charge in [0.25, 0.3) is 5.91 Å². The molecule has 3 atom stereocenters. The molecule has 3 aliphatic heterocycles. The van der Waals surface area contributed by atoms with Crippen molar-refractivity contribution in [3.05, 3.63) is 58.9 Å². The fraction of sp³-hybridized carbons (Fsp3) is 0.548. The van der Waals surface area contributed by atoms with Gasteiger partial charge in [0.2, 0.25) is 0 Å². The van der Waals surface area contributed by atoms with Gasteiger partial charge in [-0.15, -0.1) is 0 Å². The highest BCUT2D eigenvalue weighted by Crippen LogP contribution is 2.48. The predicted octanol–water partition coefficient (Wildman–Crippen LogP) is 4.80. The minimum absolute atomic E-state index is 0.0335. The van der Waals surface area contributed by atoms with Crippen molar-refractivity contribution in [3.63, 3.8) is 0 Å². The normalized spacial score (nSPS) is 26.8. The Hall–Kier alpha value is -3.38. The van der Waals surface area contributed by atoms with Gasteiger partial charge in [-0.2, -0.15) is 13.2 Å². The van der Waals surface area contributed by atoms with Crippen LogP contribution in [0.2, 0.25) is 0 Å². The van der Waals surface area contributed by atoms with Crippen molar-refractivity contribution in [1.29, 1.82) is 0 Å². The van der Waals surface area contributed by atoms with E-state index in [0.29, 0.717) is 49.7 Å². The van der Waals surface area contributed by atoms with E-state index in [0.717, 1.165) is 31.4 Å². The minimum Gasteiger partial charge on any atom is -0.491 e. The average Bonchev–Trinajstić information content (AvgIpc) is 3.84. The van der Waals surface area contributed by atoms with Gasteiger partial charge in [0.15, 0.2) is 0 Å². The van der Waals surface area contributed by atoms with E-state index in [4.69, 9.17) is 9.47 Å². The third-order valence-corrected chi connectivity index (χ3v) is 9.32. The number of halogens is 4. The molecule has 6 rings (SSSR count). The molecule has 1 aliphatic carbocycles. The molecule has 8 nitrogen and oxygen atoms in total. The van der Waals surface area contributed by atoms with Crippen molar-refractivity contribution in [1.82, 2.24) is 9.80 Å². The molecule has 0 unspecified atom stereocenters. The molecule has 3 heterocycles. The number of carbonyl (C=O) groups is 2. The van der Waals surface area contributed by atoms with E-state index in [1.807, 2.05) is 6.92 Å². The molecule has 2 aromatic carbocycles. The van der Waals surface area contributed by atoms with Crippen LogP contribution in [0.4, 0.5) is 23.2 Å². The number of ether oxygens (including phenoxy) is 2. The number of carboxylic acid groups (broad SMARTS) is 1. The molecule has 2 aromatic rings. The minimum atomic E-state index is -4.49. The van der Waals surface area contributed by atoms with E-state index < -0.39 is 29.1 Å². The number of hydrogen-bond acceptors (Lipinski definition) is 6. The van der Waals surface area contributed by atoms with Gasteiger partial charge in [-0.1, -0.05) is 0 Å². The van der Waals surface area contributed by atoms with Crippen LogP contribution in [0.25, 0.3) is 0 Å². The first-order valence-corrected chi connectivity index (χ1v) is 14.8. The molecule has 0 bridgehead atoms. The number of rotatable bonds is 5. The summed E-state index contributed by atoms with van der Waals surface area (Å²) in [7, 11) is 0. The highest BCUT2D eigenvalue weighted by molar-refractivity contribution is 5.89. The van der Waals surface area contributed by atoms with Crippen LogP contribution in [0.5, 0.6) is 5.75 Å². The molecule has 0 aromatic heterocycles. The van der Waals surface area contributed by atoms with E-state index in [-0.39, 0.29) is 49.2 Å². The Morgan fingerprint density at radius 1 is 1.05 bits per heavy atom. The smallest absolute Gasteiger partial charge is 0.416 e.